The first-order valence-corrected chi connectivity index (χ1v) is 6.95. The number of carbonyl (C=O) groups is 1. The molecule has 1 heterocycles. The summed E-state index contributed by atoms with van der Waals surface area (Å²) in [4.78, 5) is 16.8. The Kier molecular flexibility index (Phi) is 3.39. The van der Waals surface area contributed by atoms with Crippen molar-refractivity contribution in [2.24, 2.45) is 10.7 Å². The lowest BCUT2D eigenvalue weighted by Gasteiger charge is -2.24. The van der Waals surface area contributed by atoms with Crippen molar-refractivity contribution in [2.75, 3.05) is 0 Å². The van der Waals surface area contributed by atoms with Crippen LogP contribution < -0.4 is 11.1 Å². The molecular formula is C16H14ClN3O. The summed E-state index contributed by atoms with van der Waals surface area (Å²) in [5.41, 5.74) is 6.48. The van der Waals surface area contributed by atoms with Gasteiger partial charge in [-0.05, 0) is 23.3 Å². The predicted octanol–water partition coefficient (Wildman–Crippen LogP) is 2.22. The van der Waals surface area contributed by atoms with E-state index in [1.54, 1.807) is 12.1 Å². The third-order valence-electron chi connectivity index (χ3n) is 3.55. The number of nitrogens with one attached hydrogen (secondary N) is 1. The van der Waals surface area contributed by atoms with Crippen LogP contribution in [-0.4, -0.2) is 11.9 Å². The average Bonchev–Trinajstić information content (AvgIpc) is 2.77. The largest absolute Gasteiger partial charge is 0.370 e. The highest BCUT2D eigenvalue weighted by atomic mass is 35.5. The normalized spacial score (nSPS) is 21.0. The van der Waals surface area contributed by atoms with Crippen LogP contribution in [0.5, 0.6) is 0 Å². The number of guanidine groups is 1. The molecule has 0 aliphatic carbocycles. The Morgan fingerprint density at radius 3 is 2.33 bits per heavy atom. The minimum Gasteiger partial charge on any atom is -0.370 e. The zero-order valence-electron chi connectivity index (χ0n) is 11.2. The van der Waals surface area contributed by atoms with Crippen LogP contribution in [-0.2, 0) is 16.8 Å². The molecular weight excluding hydrogens is 286 g/mol. The Labute approximate surface area is 127 Å². The lowest BCUT2D eigenvalue weighted by Crippen LogP contribution is -2.40. The van der Waals surface area contributed by atoms with E-state index in [2.05, 4.69) is 10.3 Å². The summed E-state index contributed by atoms with van der Waals surface area (Å²) in [6, 6.07) is 16.8. The molecule has 1 aliphatic rings. The first-order valence-electron chi connectivity index (χ1n) is 6.57. The Hall–Kier alpha value is -2.33. The SMILES string of the molecule is NC1=N[C@](Cc2ccc(Cl)cc2)(c2ccccc2)C(=O)N1. The molecule has 2 aromatic carbocycles. The molecule has 1 amide bonds. The summed E-state index contributed by atoms with van der Waals surface area (Å²) in [5, 5.41) is 3.26. The van der Waals surface area contributed by atoms with Crippen LogP contribution in [0, 0.1) is 0 Å². The van der Waals surface area contributed by atoms with Crippen molar-refractivity contribution in [1.29, 1.82) is 0 Å². The quantitative estimate of drug-likeness (QED) is 0.912. The number of halogens is 1. The molecule has 0 bridgehead atoms. The number of rotatable bonds is 3. The van der Waals surface area contributed by atoms with E-state index in [0.717, 1.165) is 11.1 Å². The highest BCUT2D eigenvalue weighted by Crippen LogP contribution is 2.33. The van der Waals surface area contributed by atoms with Crippen LogP contribution in [0.1, 0.15) is 11.1 Å². The van der Waals surface area contributed by atoms with E-state index < -0.39 is 5.54 Å². The number of amides is 1. The minimum atomic E-state index is -1.01. The van der Waals surface area contributed by atoms with Gasteiger partial charge in [-0.1, -0.05) is 54.1 Å². The second-order valence-electron chi connectivity index (χ2n) is 4.98. The van der Waals surface area contributed by atoms with Gasteiger partial charge in [0.1, 0.15) is 0 Å². The van der Waals surface area contributed by atoms with Crippen molar-refractivity contribution in [3.05, 3.63) is 70.7 Å². The number of nitrogens with zero attached hydrogens (tertiary/aromatic N) is 1. The molecule has 3 rings (SSSR count). The Bertz CT molecular complexity index is 697. The van der Waals surface area contributed by atoms with Gasteiger partial charge in [-0.2, -0.15) is 0 Å². The van der Waals surface area contributed by atoms with Crippen LogP contribution in [0.25, 0.3) is 0 Å². The smallest absolute Gasteiger partial charge is 0.259 e. The summed E-state index contributed by atoms with van der Waals surface area (Å²) in [6.07, 6.45) is 0.431. The molecule has 0 spiro atoms. The number of benzene rings is 2. The van der Waals surface area contributed by atoms with Crippen LogP contribution in [0.15, 0.2) is 59.6 Å². The first-order chi connectivity index (χ1) is 10.1. The van der Waals surface area contributed by atoms with Gasteiger partial charge < -0.3 is 5.73 Å². The monoisotopic (exact) mass is 299 g/mol. The van der Waals surface area contributed by atoms with Crippen molar-refractivity contribution < 1.29 is 4.79 Å². The third-order valence-corrected chi connectivity index (χ3v) is 3.81. The Morgan fingerprint density at radius 1 is 1.10 bits per heavy atom. The number of hydrogen-bond donors (Lipinski definition) is 2. The van der Waals surface area contributed by atoms with Gasteiger partial charge in [0.05, 0.1) is 0 Å². The molecule has 0 radical (unpaired) electrons. The van der Waals surface area contributed by atoms with Crippen molar-refractivity contribution in [3.63, 3.8) is 0 Å². The molecule has 4 nitrogen and oxygen atoms in total. The second-order valence-corrected chi connectivity index (χ2v) is 5.42. The fourth-order valence-corrected chi connectivity index (χ4v) is 2.66. The van der Waals surface area contributed by atoms with Gasteiger partial charge in [-0.25, -0.2) is 4.99 Å². The van der Waals surface area contributed by atoms with Crippen LogP contribution in [0.4, 0.5) is 0 Å². The standard InChI is InChI=1S/C16H14ClN3O/c17-13-8-6-11(7-9-13)10-16(12-4-2-1-3-5-12)14(21)19-15(18)20-16/h1-9H,10H2,(H3,18,19,20,21)/t16-/m1/s1. The summed E-state index contributed by atoms with van der Waals surface area (Å²) in [7, 11) is 0. The number of hydrogen-bond acceptors (Lipinski definition) is 3. The number of aliphatic imine (C=N–C) groups is 1. The summed E-state index contributed by atoms with van der Waals surface area (Å²) in [6.45, 7) is 0. The van der Waals surface area contributed by atoms with Gasteiger partial charge >= 0.3 is 0 Å². The number of carbonyl (C=O) groups excluding carboxylic acids is 1. The first kappa shape index (κ1) is 13.6. The van der Waals surface area contributed by atoms with Gasteiger partial charge in [-0.3, -0.25) is 10.1 Å². The maximum absolute atomic E-state index is 12.4. The third kappa shape index (κ3) is 2.50. The van der Waals surface area contributed by atoms with Crippen molar-refractivity contribution in [1.82, 2.24) is 5.32 Å². The molecule has 0 aromatic heterocycles. The maximum Gasteiger partial charge on any atom is 0.259 e. The Morgan fingerprint density at radius 2 is 1.76 bits per heavy atom. The van der Waals surface area contributed by atoms with Crippen molar-refractivity contribution >= 4 is 23.5 Å². The molecule has 0 saturated carbocycles. The molecule has 0 fully saturated rings. The van der Waals surface area contributed by atoms with E-state index in [1.807, 2.05) is 42.5 Å². The minimum absolute atomic E-state index is 0.151. The van der Waals surface area contributed by atoms with E-state index in [4.69, 9.17) is 17.3 Å². The average molecular weight is 300 g/mol. The fourth-order valence-electron chi connectivity index (χ4n) is 2.53. The van der Waals surface area contributed by atoms with Gasteiger partial charge in [0.25, 0.3) is 5.91 Å². The van der Waals surface area contributed by atoms with Crippen LogP contribution >= 0.6 is 11.6 Å². The summed E-state index contributed by atoms with van der Waals surface area (Å²) >= 11 is 5.91. The molecule has 106 valence electrons. The summed E-state index contributed by atoms with van der Waals surface area (Å²) in [5.74, 6) is -0.0565. The highest BCUT2D eigenvalue weighted by molar-refractivity contribution is 6.30. The van der Waals surface area contributed by atoms with E-state index >= 15 is 0 Å². The second kappa shape index (κ2) is 5.22. The highest BCUT2D eigenvalue weighted by Gasteiger charge is 2.44. The molecule has 21 heavy (non-hydrogen) atoms. The van der Waals surface area contributed by atoms with Crippen LogP contribution in [0.2, 0.25) is 5.02 Å². The van der Waals surface area contributed by atoms with E-state index in [-0.39, 0.29) is 11.9 Å². The van der Waals surface area contributed by atoms with E-state index in [9.17, 15) is 4.79 Å². The molecule has 1 aliphatic heterocycles. The number of nitrogens with two attached hydrogens (primary N) is 1. The fraction of sp³-hybridized carbons (Fsp3) is 0.125. The van der Waals surface area contributed by atoms with E-state index in [0.29, 0.717) is 11.4 Å². The predicted molar refractivity (Wildman–Crippen MR) is 83.0 cm³/mol. The molecule has 0 saturated heterocycles. The molecule has 0 unspecified atom stereocenters. The van der Waals surface area contributed by atoms with E-state index in [1.165, 1.54) is 0 Å². The zero-order valence-corrected chi connectivity index (χ0v) is 12.0. The van der Waals surface area contributed by atoms with Gasteiger partial charge in [0.2, 0.25) is 0 Å². The van der Waals surface area contributed by atoms with Gasteiger partial charge in [-0.15, -0.1) is 0 Å². The van der Waals surface area contributed by atoms with Crippen molar-refractivity contribution in [3.8, 4) is 0 Å². The topological polar surface area (TPSA) is 67.5 Å². The van der Waals surface area contributed by atoms with Gasteiger partial charge in [0, 0.05) is 11.4 Å². The molecule has 3 N–H and O–H groups in total. The molecule has 5 heteroatoms. The lowest BCUT2D eigenvalue weighted by atomic mass is 9.84. The lowest BCUT2D eigenvalue weighted by molar-refractivity contribution is -0.124. The zero-order chi connectivity index (χ0) is 14.9. The van der Waals surface area contributed by atoms with Crippen LogP contribution in [0.3, 0.4) is 0 Å². The van der Waals surface area contributed by atoms with Crippen molar-refractivity contribution in [2.45, 2.75) is 12.0 Å². The summed E-state index contributed by atoms with van der Waals surface area (Å²) < 4.78 is 0. The Balaban J connectivity index is 2.06. The molecule has 2 aromatic rings. The molecule has 1 atom stereocenters. The maximum atomic E-state index is 12.4. The van der Waals surface area contributed by atoms with Gasteiger partial charge in [0.15, 0.2) is 11.5 Å².